The van der Waals surface area contributed by atoms with Crippen LogP contribution >= 0.6 is 11.6 Å². The maximum absolute atomic E-state index is 11.9. The van der Waals surface area contributed by atoms with Crippen molar-refractivity contribution in [3.05, 3.63) is 53.2 Å². The SMILES string of the molecule is CC(=O)N1c2ncccc2[C@@H](Nc2ccc(Cl)cc2)C[C@H]1C. The minimum absolute atomic E-state index is 0.0254. The number of aromatic nitrogens is 1. The molecule has 0 aliphatic carbocycles. The highest BCUT2D eigenvalue weighted by atomic mass is 35.5. The van der Waals surface area contributed by atoms with E-state index in [1.165, 1.54) is 0 Å². The lowest BCUT2D eigenvalue weighted by Gasteiger charge is -2.38. The molecule has 0 unspecified atom stereocenters. The van der Waals surface area contributed by atoms with Gasteiger partial charge in [0.05, 0.1) is 6.04 Å². The number of hydrogen-bond acceptors (Lipinski definition) is 3. The number of carbonyl (C=O) groups is 1. The number of fused-ring (bicyclic) bond motifs is 1. The number of amides is 1. The first kappa shape index (κ1) is 14.9. The van der Waals surface area contributed by atoms with Crippen molar-refractivity contribution < 1.29 is 4.79 Å². The van der Waals surface area contributed by atoms with Gasteiger partial charge in [-0.25, -0.2) is 4.98 Å². The van der Waals surface area contributed by atoms with Crippen molar-refractivity contribution in [1.82, 2.24) is 4.98 Å². The number of anilines is 2. The first-order chi connectivity index (χ1) is 10.6. The fraction of sp³-hybridized carbons (Fsp3) is 0.294. The number of halogens is 1. The lowest BCUT2D eigenvalue weighted by molar-refractivity contribution is -0.117. The van der Waals surface area contributed by atoms with Gasteiger partial charge < -0.3 is 5.32 Å². The lowest BCUT2D eigenvalue weighted by Crippen LogP contribution is -2.43. The summed E-state index contributed by atoms with van der Waals surface area (Å²) in [4.78, 5) is 18.1. The molecule has 5 heteroatoms. The van der Waals surface area contributed by atoms with E-state index < -0.39 is 0 Å². The quantitative estimate of drug-likeness (QED) is 0.910. The van der Waals surface area contributed by atoms with Crippen LogP contribution in [-0.4, -0.2) is 16.9 Å². The Balaban J connectivity index is 1.94. The lowest BCUT2D eigenvalue weighted by atomic mass is 9.94. The van der Waals surface area contributed by atoms with Gasteiger partial charge in [-0.3, -0.25) is 9.69 Å². The van der Waals surface area contributed by atoms with E-state index in [1.54, 1.807) is 18.0 Å². The Hall–Kier alpha value is -2.07. The fourth-order valence-corrected chi connectivity index (χ4v) is 3.13. The number of carbonyl (C=O) groups excluding carboxylic acids is 1. The average Bonchev–Trinajstić information content (AvgIpc) is 2.49. The molecule has 114 valence electrons. The molecule has 0 bridgehead atoms. The van der Waals surface area contributed by atoms with Crippen LogP contribution in [0.2, 0.25) is 5.02 Å². The van der Waals surface area contributed by atoms with Crippen molar-refractivity contribution in [2.45, 2.75) is 32.4 Å². The standard InChI is InChI=1S/C17H18ClN3O/c1-11-10-16(20-14-7-5-13(18)6-8-14)15-4-3-9-19-17(15)21(11)12(2)22/h3-9,11,16,20H,10H2,1-2H3/t11-,16+/m1/s1. The molecule has 1 aromatic carbocycles. The summed E-state index contributed by atoms with van der Waals surface area (Å²) in [5.74, 6) is 0.776. The highest BCUT2D eigenvalue weighted by molar-refractivity contribution is 6.30. The van der Waals surface area contributed by atoms with E-state index in [9.17, 15) is 4.79 Å². The molecule has 1 N–H and O–H groups in total. The molecule has 0 fully saturated rings. The van der Waals surface area contributed by atoms with E-state index in [0.29, 0.717) is 5.02 Å². The molecular formula is C17H18ClN3O. The molecule has 2 heterocycles. The van der Waals surface area contributed by atoms with Gasteiger partial charge in [-0.2, -0.15) is 0 Å². The largest absolute Gasteiger partial charge is 0.378 e. The van der Waals surface area contributed by atoms with Crippen molar-refractivity contribution in [1.29, 1.82) is 0 Å². The van der Waals surface area contributed by atoms with Crippen molar-refractivity contribution >= 4 is 29.0 Å². The molecule has 0 saturated carbocycles. The van der Waals surface area contributed by atoms with Crippen LogP contribution in [0.15, 0.2) is 42.6 Å². The molecule has 1 aromatic heterocycles. The first-order valence-electron chi connectivity index (χ1n) is 7.33. The molecule has 1 amide bonds. The molecule has 22 heavy (non-hydrogen) atoms. The summed E-state index contributed by atoms with van der Waals surface area (Å²) in [5.41, 5.74) is 2.05. The second kappa shape index (κ2) is 5.97. The number of nitrogens with one attached hydrogen (secondary N) is 1. The molecule has 1 aliphatic rings. The molecule has 4 nitrogen and oxygen atoms in total. The normalized spacial score (nSPS) is 20.4. The van der Waals surface area contributed by atoms with E-state index in [4.69, 9.17) is 11.6 Å². The van der Waals surface area contributed by atoms with E-state index in [1.807, 2.05) is 36.4 Å². The third kappa shape index (κ3) is 2.79. The zero-order chi connectivity index (χ0) is 15.7. The van der Waals surface area contributed by atoms with E-state index in [-0.39, 0.29) is 18.0 Å². The summed E-state index contributed by atoms with van der Waals surface area (Å²) in [6.07, 6.45) is 2.56. The van der Waals surface area contributed by atoms with Gasteiger partial charge >= 0.3 is 0 Å². The van der Waals surface area contributed by atoms with Gasteiger partial charge in [0.2, 0.25) is 5.91 Å². The number of rotatable bonds is 2. The highest BCUT2D eigenvalue weighted by Gasteiger charge is 2.33. The summed E-state index contributed by atoms with van der Waals surface area (Å²) >= 11 is 5.93. The maximum Gasteiger partial charge on any atom is 0.225 e. The van der Waals surface area contributed by atoms with Gasteiger partial charge in [0, 0.05) is 35.4 Å². The highest BCUT2D eigenvalue weighted by Crippen LogP contribution is 2.37. The molecule has 2 aromatic rings. The molecular weight excluding hydrogens is 298 g/mol. The average molecular weight is 316 g/mol. The number of benzene rings is 1. The van der Waals surface area contributed by atoms with Crippen LogP contribution in [0.5, 0.6) is 0 Å². The Kier molecular flexibility index (Phi) is 4.03. The van der Waals surface area contributed by atoms with Crippen LogP contribution < -0.4 is 10.2 Å². The summed E-state index contributed by atoms with van der Waals surface area (Å²) < 4.78 is 0. The number of nitrogens with zero attached hydrogens (tertiary/aromatic N) is 2. The monoisotopic (exact) mass is 315 g/mol. The predicted molar refractivity (Wildman–Crippen MR) is 89.3 cm³/mol. The maximum atomic E-state index is 11.9. The van der Waals surface area contributed by atoms with Gasteiger partial charge in [-0.1, -0.05) is 17.7 Å². The molecule has 1 aliphatic heterocycles. The molecule has 0 radical (unpaired) electrons. The summed E-state index contributed by atoms with van der Waals surface area (Å²) in [5, 5.41) is 4.23. The first-order valence-corrected chi connectivity index (χ1v) is 7.71. The third-order valence-corrected chi connectivity index (χ3v) is 4.21. The number of pyridine rings is 1. The third-order valence-electron chi connectivity index (χ3n) is 3.96. The van der Waals surface area contributed by atoms with Crippen molar-refractivity contribution in [2.75, 3.05) is 10.2 Å². The second-order valence-electron chi connectivity index (χ2n) is 5.59. The minimum Gasteiger partial charge on any atom is -0.378 e. The smallest absolute Gasteiger partial charge is 0.225 e. The summed E-state index contributed by atoms with van der Waals surface area (Å²) in [6.45, 7) is 3.64. The zero-order valence-electron chi connectivity index (χ0n) is 12.6. The minimum atomic E-state index is 0.0254. The second-order valence-corrected chi connectivity index (χ2v) is 6.03. The Bertz CT molecular complexity index is 687. The van der Waals surface area contributed by atoms with Crippen LogP contribution in [0.4, 0.5) is 11.5 Å². The molecule has 2 atom stereocenters. The van der Waals surface area contributed by atoms with Crippen molar-refractivity contribution in [3.63, 3.8) is 0 Å². The summed E-state index contributed by atoms with van der Waals surface area (Å²) in [6, 6.07) is 11.8. The van der Waals surface area contributed by atoms with Crippen molar-refractivity contribution in [2.24, 2.45) is 0 Å². The van der Waals surface area contributed by atoms with Gasteiger partial charge in [0.15, 0.2) is 0 Å². The van der Waals surface area contributed by atoms with Gasteiger partial charge in [0.25, 0.3) is 0 Å². The molecule has 0 saturated heterocycles. The van der Waals surface area contributed by atoms with E-state index in [0.717, 1.165) is 23.5 Å². The van der Waals surface area contributed by atoms with E-state index in [2.05, 4.69) is 17.2 Å². The van der Waals surface area contributed by atoms with Crippen LogP contribution in [0.25, 0.3) is 0 Å². The Morgan fingerprint density at radius 1 is 1.32 bits per heavy atom. The van der Waals surface area contributed by atoms with Crippen LogP contribution in [0.3, 0.4) is 0 Å². The Morgan fingerprint density at radius 2 is 2.05 bits per heavy atom. The Labute approximate surface area is 135 Å². The van der Waals surface area contributed by atoms with Gasteiger partial charge in [0.1, 0.15) is 5.82 Å². The Morgan fingerprint density at radius 3 is 2.73 bits per heavy atom. The fourth-order valence-electron chi connectivity index (χ4n) is 3.01. The van der Waals surface area contributed by atoms with Crippen molar-refractivity contribution in [3.8, 4) is 0 Å². The van der Waals surface area contributed by atoms with Crippen LogP contribution in [-0.2, 0) is 4.79 Å². The molecule has 0 spiro atoms. The molecule has 3 rings (SSSR count). The number of hydrogen-bond donors (Lipinski definition) is 1. The van der Waals surface area contributed by atoms with Crippen LogP contribution in [0.1, 0.15) is 31.9 Å². The predicted octanol–water partition coefficient (Wildman–Crippen LogP) is 4.03. The van der Waals surface area contributed by atoms with Gasteiger partial charge in [-0.15, -0.1) is 0 Å². The summed E-state index contributed by atoms with van der Waals surface area (Å²) in [7, 11) is 0. The van der Waals surface area contributed by atoms with E-state index >= 15 is 0 Å². The zero-order valence-corrected chi connectivity index (χ0v) is 13.3. The van der Waals surface area contributed by atoms with Crippen LogP contribution in [0, 0.1) is 0 Å². The topological polar surface area (TPSA) is 45.2 Å². The van der Waals surface area contributed by atoms with Gasteiger partial charge in [-0.05, 0) is 43.7 Å².